The number of H-pyrrole nitrogens is 1. The molecule has 0 atom stereocenters. The predicted molar refractivity (Wildman–Crippen MR) is 68.8 cm³/mol. The van der Waals surface area contributed by atoms with Crippen molar-refractivity contribution in [1.29, 1.82) is 0 Å². The Kier molecular flexibility index (Phi) is 3.12. The molecule has 3 heteroatoms. The van der Waals surface area contributed by atoms with E-state index in [1.54, 1.807) is 6.08 Å². The first kappa shape index (κ1) is 11.6. The Labute approximate surface area is 101 Å². The summed E-state index contributed by atoms with van der Waals surface area (Å²) in [5.41, 5.74) is 2.09. The molecule has 2 rings (SSSR count). The lowest BCUT2D eigenvalue weighted by atomic mass is 9.96. The third kappa shape index (κ3) is 2.63. The van der Waals surface area contributed by atoms with E-state index in [0.29, 0.717) is 0 Å². The van der Waals surface area contributed by atoms with Crippen LogP contribution >= 0.6 is 0 Å². The molecule has 88 valence electrons. The molecule has 0 bridgehead atoms. The Bertz CT molecular complexity index is 562. The van der Waals surface area contributed by atoms with E-state index in [9.17, 15) is 4.79 Å². The number of aromatic amines is 1. The molecule has 0 unspecified atom stereocenters. The lowest BCUT2D eigenvalue weighted by molar-refractivity contribution is 0.470. The molecular weight excluding hydrogens is 212 g/mol. The van der Waals surface area contributed by atoms with Crippen LogP contribution in [0.15, 0.2) is 35.5 Å². The predicted octanol–water partition coefficient (Wildman–Crippen LogP) is 3.21. The zero-order valence-electron chi connectivity index (χ0n) is 10.2. The van der Waals surface area contributed by atoms with Gasteiger partial charge in [-0.2, -0.15) is 4.99 Å². The van der Waals surface area contributed by atoms with E-state index in [0.717, 1.165) is 18.4 Å². The number of carbonyl (C=O) groups excluding carboxylic acids is 1. The fourth-order valence-corrected chi connectivity index (χ4v) is 1.96. The van der Waals surface area contributed by atoms with Crippen molar-refractivity contribution in [3.8, 4) is 0 Å². The molecule has 0 saturated carbocycles. The van der Waals surface area contributed by atoms with Gasteiger partial charge < -0.3 is 4.98 Å². The second kappa shape index (κ2) is 4.56. The SMILES string of the molecule is CC(C)(CCc1c[nH]c2ccccc12)N=C=O. The van der Waals surface area contributed by atoms with Crippen molar-refractivity contribution < 1.29 is 4.79 Å². The van der Waals surface area contributed by atoms with Gasteiger partial charge in [0, 0.05) is 17.1 Å². The van der Waals surface area contributed by atoms with Crippen LogP contribution in [0, 0.1) is 0 Å². The van der Waals surface area contributed by atoms with Crippen molar-refractivity contribution >= 4 is 17.0 Å². The first-order valence-corrected chi connectivity index (χ1v) is 5.76. The number of aryl methyl sites for hydroxylation is 1. The Morgan fingerprint density at radius 1 is 1.35 bits per heavy atom. The van der Waals surface area contributed by atoms with Crippen LogP contribution in [-0.2, 0) is 11.2 Å². The highest BCUT2D eigenvalue weighted by Gasteiger charge is 2.16. The van der Waals surface area contributed by atoms with Gasteiger partial charge in [0.25, 0.3) is 0 Å². The van der Waals surface area contributed by atoms with Crippen LogP contribution in [-0.4, -0.2) is 16.6 Å². The first-order valence-electron chi connectivity index (χ1n) is 5.76. The second-order valence-electron chi connectivity index (χ2n) is 4.88. The van der Waals surface area contributed by atoms with E-state index in [1.165, 1.54) is 10.9 Å². The average molecular weight is 228 g/mol. The van der Waals surface area contributed by atoms with Crippen LogP contribution in [0.3, 0.4) is 0 Å². The highest BCUT2D eigenvalue weighted by Crippen LogP contribution is 2.23. The fraction of sp³-hybridized carbons (Fsp3) is 0.357. The molecule has 0 amide bonds. The van der Waals surface area contributed by atoms with E-state index >= 15 is 0 Å². The number of benzene rings is 1. The molecule has 0 aliphatic heterocycles. The van der Waals surface area contributed by atoms with Gasteiger partial charge in [0.05, 0.1) is 5.54 Å². The summed E-state index contributed by atoms with van der Waals surface area (Å²) in [5.74, 6) is 0. The number of nitrogens with one attached hydrogen (secondary N) is 1. The number of hydrogen-bond acceptors (Lipinski definition) is 2. The van der Waals surface area contributed by atoms with Gasteiger partial charge in [0.1, 0.15) is 0 Å². The van der Waals surface area contributed by atoms with Crippen molar-refractivity contribution in [1.82, 2.24) is 4.98 Å². The summed E-state index contributed by atoms with van der Waals surface area (Å²) in [4.78, 5) is 17.4. The molecule has 0 radical (unpaired) electrons. The van der Waals surface area contributed by atoms with Crippen molar-refractivity contribution in [3.63, 3.8) is 0 Å². The van der Waals surface area contributed by atoms with Crippen LogP contribution < -0.4 is 0 Å². The smallest absolute Gasteiger partial charge is 0.235 e. The minimum atomic E-state index is -0.333. The average Bonchev–Trinajstić information content (AvgIpc) is 2.70. The standard InChI is InChI=1S/C14H16N2O/c1-14(2,16-10-17)8-7-11-9-15-13-6-4-3-5-12(11)13/h3-6,9,15H,7-8H2,1-2H3. The summed E-state index contributed by atoms with van der Waals surface area (Å²) in [6, 6.07) is 8.22. The van der Waals surface area contributed by atoms with Crippen LogP contribution in [0.25, 0.3) is 10.9 Å². The molecule has 0 spiro atoms. The molecule has 1 N–H and O–H groups in total. The number of para-hydroxylation sites is 1. The molecule has 0 fully saturated rings. The molecule has 2 aromatic rings. The van der Waals surface area contributed by atoms with E-state index in [-0.39, 0.29) is 5.54 Å². The summed E-state index contributed by atoms with van der Waals surface area (Å²) in [6.45, 7) is 3.90. The largest absolute Gasteiger partial charge is 0.361 e. The number of aromatic nitrogens is 1. The number of aliphatic imine (C=N–C) groups is 1. The van der Waals surface area contributed by atoms with Crippen molar-refractivity contribution in [2.45, 2.75) is 32.2 Å². The maximum atomic E-state index is 10.3. The third-order valence-electron chi connectivity index (χ3n) is 3.03. The number of rotatable bonds is 4. The van der Waals surface area contributed by atoms with Crippen LogP contribution in [0.1, 0.15) is 25.8 Å². The minimum absolute atomic E-state index is 0.333. The summed E-state index contributed by atoms with van der Waals surface area (Å²) in [5, 5.41) is 1.25. The van der Waals surface area contributed by atoms with Crippen molar-refractivity contribution in [2.24, 2.45) is 4.99 Å². The fourth-order valence-electron chi connectivity index (χ4n) is 1.96. The third-order valence-corrected chi connectivity index (χ3v) is 3.03. The van der Waals surface area contributed by atoms with Crippen LogP contribution in [0.4, 0.5) is 0 Å². The molecule has 1 aromatic carbocycles. The number of nitrogens with zero attached hydrogens (tertiary/aromatic N) is 1. The van der Waals surface area contributed by atoms with Gasteiger partial charge >= 0.3 is 0 Å². The van der Waals surface area contributed by atoms with Crippen molar-refractivity contribution in [3.05, 3.63) is 36.0 Å². The second-order valence-corrected chi connectivity index (χ2v) is 4.88. The Hall–Kier alpha value is -1.86. The molecule has 3 nitrogen and oxygen atoms in total. The van der Waals surface area contributed by atoms with Gasteiger partial charge in [-0.15, -0.1) is 0 Å². The lowest BCUT2D eigenvalue weighted by Gasteiger charge is -2.16. The van der Waals surface area contributed by atoms with Gasteiger partial charge in [-0.25, -0.2) is 4.79 Å². The lowest BCUT2D eigenvalue weighted by Crippen LogP contribution is -2.17. The normalized spacial score (nSPS) is 11.4. The van der Waals surface area contributed by atoms with E-state index in [4.69, 9.17) is 0 Å². The monoisotopic (exact) mass is 228 g/mol. The molecule has 0 aliphatic carbocycles. The molecule has 17 heavy (non-hydrogen) atoms. The van der Waals surface area contributed by atoms with Gasteiger partial charge in [0.2, 0.25) is 6.08 Å². The Morgan fingerprint density at radius 2 is 2.12 bits per heavy atom. The van der Waals surface area contributed by atoms with E-state index in [2.05, 4.69) is 22.1 Å². The maximum absolute atomic E-state index is 10.3. The molecule has 1 aromatic heterocycles. The van der Waals surface area contributed by atoms with Gasteiger partial charge in [-0.1, -0.05) is 18.2 Å². The van der Waals surface area contributed by atoms with E-state index in [1.807, 2.05) is 32.2 Å². The number of isocyanates is 1. The summed E-state index contributed by atoms with van der Waals surface area (Å²) < 4.78 is 0. The summed E-state index contributed by atoms with van der Waals surface area (Å²) >= 11 is 0. The Morgan fingerprint density at radius 3 is 2.88 bits per heavy atom. The summed E-state index contributed by atoms with van der Waals surface area (Å²) in [7, 11) is 0. The molecule has 0 aliphatic rings. The van der Waals surface area contributed by atoms with Gasteiger partial charge in [-0.3, -0.25) is 0 Å². The minimum Gasteiger partial charge on any atom is -0.361 e. The van der Waals surface area contributed by atoms with Gasteiger partial charge in [-0.05, 0) is 38.3 Å². The maximum Gasteiger partial charge on any atom is 0.235 e. The summed E-state index contributed by atoms with van der Waals surface area (Å²) in [6.07, 6.45) is 5.42. The van der Waals surface area contributed by atoms with Crippen LogP contribution in [0.5, 0.6) is 0 Å². The zero-order valence-corrected chi connectivity index (χ0v) is 10.2. The quantitative estimate of drug-likeness (QED) is 0.633. The van der Waals surface area contributed by atoms with Crippen LogP contribution in [0.2, 0.25) is 0 Å². The highest BCUT2D eigenvalue weighted by atomic mass is 16.1. The Balaban J connectivity index is 2.17. The van der Waals surface area contributed by atoms with E-state index < -0.39 is 0 Å². The topological polar surface area (TPSA) is 45.2 Å². The zero-order chi connectivity index (χ0) is 12.3. The van der Waals surface area contributed by atoms with Gasteiger partial charge in [0.15, 0.2) is 0 Å². The molecule has 1 heterocycles. The number of hydrogen-bond donors (Lipinski definition) is 1. The highest BCUT2D eigenvalue weighted by molar-refractivity contribution is 5.83. The number of fused-ring (bicyclic) bond motifs is 1. The van der Waals surface area contributed by atoms with Crippen molar-refractivity contribution in [2.75, 3.05) is 0 Å². The molecular formula is C14H16N2O. The molecule has 0 saturated heterocycles. The first-order chi connectivity index (χ1) is 8.12.